The van der Waals surface area contributed by atoms with Gasteiger partial charge in [-0.3, -0.25) is 4.79 Å². The maximum atomic E-state index is 13.2. The van der Waals surface area contributed by atoms with Crippen LogP contribution >= 0.6 is 0 Å². The number of rotatable bonds is 4. The van der Waals surface area contributed by atoms with E-state index in [-0.39, 0.29) is 43.4 Å². The van der Waals surface area contributed by atoms with Crippen molar-refractivity contribution in [1.82, 2.24) is 9.21 Å². The van der Waals surface area contributed by atoms with Gasteiger partial charge in [-0.15, -0.1) is 0 Å². The van der Waals surface area contributed by atoms with Crippen LogP contribution in [0.15, 0.2) is 53.4 Å². The SMILES string of the molecule is COc1ccc(S(=O)(=O)N2CCN(C(=O)[C@@]3(C)Cc4ccccc4C(=O)O3)CC2)cc1. The van der Waals surface area contributed by atoms with E-state index < -0.39 is 21.6 Å². The molecule has 0 N–H and O–H groups in total. The van der Waals surface area contributed by atoms with E-state index in [1.807, 2.05) is 12.1 Å². The van der Waals surface area contributed by atoms with E-state index in [0.29, 0.717) is 11.3 Å². The van der Waals surface area contributed by atoms with Crippen LogP contribution in [0.4, 0.5) is 0 Å². The summed E-state index contributed by atoms with van der Waals surface area (Å²) >= 11 is 0. The zero-order valence-electron chi connectivity index (χ0n) is 17.4. The highest BCUT2D eigenvalue weighted by molar-refractivity contribution is 7.89. The number of sulfonamides is 1. The molecule has 0 unspecified atom stereocenters. The molecule has 0 aromatic heterocycles. The molecule has 2 aliphatic rings. The van der Waals surface area contributed by atoms with Crippen LogP contribution in [0.1, 0.15) is 22.8 Å². The lowest BCUT2D eigenvalue weighted by molar-refractivity contribution is -0.152. The van der Waals surface area contributed by atoms with Crippen LogP contribution in [-0.4, -0.2) is 68.4 Å². The first-order valence-corrected chi connectivity index (χ1v) is 11.4. The Labute approximate surface area is 181 Å². The van der Waals surface area contributed by atoms with Crippen molar-refractivity contribution in [1.29, 1.82) is 0 Å². The number of ether oxygens (including phenoxy) is 2. The standard InChI is InChI=1S/C22H24N2O6S/c1-22(15-16-5-3-4-6-19(16)20(25)30-22)21(26)23-11-13-24(14-12-23)31(27,28)18-9-7-17(29-2)8-10-18/h3-10H,11-15H2,1-2H3/t22-/m1/s1. The number of hydrogen-bond donors (Lipinski definition) is 0. The van der Waals surface area contributed by atoms with Crippen LogP contribution < -0.4 is 4.74 Å². The highest BCUT2D eigenvalue weighted by Crippen LogP contribution is 2.30. The summed E-state index contributed by atoms with van der Waals surface area (Å²) in [5.41, 5.74) is -0.0545. The lowest BCUT2D eigenvalue weighted by Gasteiger charge is -2.40. The summed E-state index contributed by atoms with van der Waals surface area (Å²) in [6.07, 6.45) is 0.290. The molecule has 0 aliphatic carbocycles. The number of carbonyl (C=O) groups is 2. The molecule has 0 radical (unpaired) electrons. The molecule has 0 bridgehead atoms. The highest BCUT2D eigenvalue weighted by atomic mass is 32.2. The molecular weight excluding hydrogens is 420 g/mol. The molecule has 9 heteroatoms. The first kappa shape index (κ1) is 21.3. The third-order valence-corrected chi connectivity index (χ3v) is 7.67. The first-order valence-electron chi connectivity index (χ1n) is 9.99. The summed E-state index contributed by atoms with van der Waals surface area (Å²) in [5, 5.41) is 0. The molecule has 1 amide bonds. The molecule has 2 aliphatic heterocycles. The van der Waals surface area contributed by atoms with Crippen LogP contribution in [0.2, 0.25) is 0 Å². The molecule has 1 saturated heterocycles. The van der Waals surface area contributed by atoms with Gasteiger partial charge in [-0.2, -0.15) is 4.31 Å². The van der Waals surface area contributed by atoms with Crippen LogP contribution in [0.5, 0.6) is 5.75 Å². The van der Waals surface area contributed by atoms with Gasteiger partial charge in [0.2, 0.25) is 10.0 Å². The van der Waals surface area contributed by atoms with Crippen molar-refractivity contribution in [3.8, 4) is 5.75 Å². The molecule has 8 nitrogen and oxygen atoms in total. The molecule has 0 saturated carbocycles. The minimum Gasteiger partial charge on any atom is -0.497 e. The molecule has 1 fully saturated rings. The Kier molecular flexibility index (Phi) is 5.49. The van der Waals surface area contributed by atoms with Gasteiger partial charge in [0.15, 0.2) is 5.60 Å². The van der Waals surface area contributed by atoms with Gasteiger partial charge < -0.3 is 14.4 Å². The summed E-state index contributed by atoms with van der Waals surface area (Å²) in [7, 11) is -2.15. The number of fused-ring (bicyclic) bond motifs is 1. The van der Waals surface area contributed by atoms with E-state index in [9.17, 15) is 18.0 Å². The van der Waals surface area contributed by atoms with Gasteiger partial charge in [0, 0.05) is 32.6 Å². The zero-order chi connectivity index (χ0) is 22.2. The molecule has 2 aromatic rings. The number of piperazine rings is 1. The third kappa shape index (κ3) is 3.90. The summed E-state index contributed by atoms with van der Waals surface area (Å²) < 4.78 is 37.8. The summed E-state index contributed by atoms with van der Waals surface area (Å²) in [6.45, 7) is 2.40. The fourth-order valence-corrected chi connectivity index (χ4v) is 5.44. The van der Waals surface area contributed by atoms with Gasteiger partial charge in [-0.05, 0) is 42.8 Å². The molecule has 164 valence electrons. The Morgan fingerprint density at radius 3 is 2.32 bits per heavy atom. The normalized spacial score (nSPS) is 21.9. The quantitative estimate of drug-likeness (QED) is 0.667. The van der Waals surface area contributed by atoms with Crippen LogP contribution in [0.3, 0.4) is 0 Å². The fraction of sp³-hybridized carbons (Fsp3) is 0.364. The van der Waals surface area contributed by atoms with Gasteiger partial charge in [0.25, 0.3) is 5.91 Å². The van der Waals surface area contributed by atoms with Crippen LogP contribution in [-0.2, 0) is 26.0 Å². The molecule has 4 rings (SSSR count). The van der Waals surface area contributed by atoms with E-state index in [2.05, 4.69) is 0 Å². The number of nitrogens with zero attached hydrogens (tertiary/aromatic N) is 2. The van der Waals surface area contributed by atoms with E-state index in [4.69, 9.17) is 9.47 Å². The number of esters is 1. The minimum absolute atomic E-state index is 0.167. The average molecular weight is 445 g/mol. The average Bonchev–Trinajstić information content (AvgIpc) is 2.78. The minimum atomic E-state index is -3.67. The number of methoxy groups -OCH3 is 1. The van der Waals surface area contributed by atoms with Crippen molar-refractivity contribution in [2.24, 2.45) is 0 Å². The second kappa shape index (κ2) is 7.97. The predicted molar refractivity (Wildman–Crippen MR) is 112 cm³/mol. The van der Waals surface area contributed by atoms with Crippen molar-refractivity contribution in [2.45, 2.75) is 23.8 Å². The number of cyclic esters (lactones) is 1. The lowest BCUT2D eigenvalue weighted by Crippen LogP contribution is -2.58. The van der Waals surface area contributed by atoms with Gasteiger partial charge in [0.1, 0.15) is 5.75 Å². The Balaban J connectivity index is 1.45. The second-order valence-electron chi connectivity index (χ2n) is 7.83. The predicted octanol–water partition coefficient (Wildman–Crippen LogP) is 1.70. The third-order valence-electron chi connectivity index (χ3n) is 5.76. The maximum Gasteiger partial charge on any atom is 0.339 e. The summed E-state index contributed by atoms with van der Waals surface area (Å²) in [4.78, 5) is 27.3. The highest BCUT2D eigenvalue weighted by Gasteiger charge is 2.45. The Hall–Kier alpha value is -2.91. The molecule has 31 heavy (non-hydrogen) atoms. The second-order valence-corrected chi connectivity index (χ2v) is 9.76. The lowest BCUT2D eigenvalue weighted by atomic mass is 9.89. The number of carbonyl (C=O) groups excluding carboxylic acids is 2. The molecule has 2 heterocycles. The van der Waals surface area contributed by atoms with E-state index >= 15 is 0 Å². The van der Waals surface area contributed by atoms with Crippen molar-refractivity contribution in [2.75, 3.05) is 33.3 Å². The van der Waals surface area contributed by atoms with Crippen LogP contribution in [0, 0.1) is 0 Å². The van der Waals surface area contributed by atoms with Gasteiger partial charge in [-0.25, -0.2) is 13.2 Å². The van der Waals surface area contributed by atoms with Crippen LogP contribution in [0.25, 0.3) is 0 Å². The number of amides is 1. The summed E-state index contributed by atoms with van der Waals surface area (Å²) in [6, 6.07) is 13.3. The van der Waals surface area contributed by atoms with E-state index in [1.165, 1.54) is 23.5 Å². The molecular formula is C22H24N2O6S. The van der Waals surface area contributed by atoms with Crippen molar-refractivity contribution < 1.29 is 27.5 Å². The topological polar surface area (TPSA) is 93.2 Å². The largest absolute Gasteiger partial charge is 0.497 e. The smallest absolute Gasteiger partial charge is 0.339 e. The Bertz CT molecular complexity index is 1110. The fourth-order valence-electron chi connectivity index (χ4n) is 4.01. The van der Waals surface area contributed by atoms with Crippen molar-refractivity contribution in [3.63, 3.8) is 0 Å². The zero-order valence-corrected chi connectivity index (χ0v) is 18.2. The van der Waals surface area contributed by atoms with Gasteiger partial charge in [0.05, 0.1) is 17.6 Å². The molecule has 1 atom stereocenters. The molecule has 0 spiro atoms. The van der Waals surface area contributed by atoms with Crippen molar-refractivity contribution in [3.05, 3.63) is 59.7 Å². The first-order chi connectivity index (χ1) is 14.7. The van der Waals surface area contributed by atoms with Gasteiger partial charge >= 0.3 is 5.97 Å². The monoisotopic (exact) mass is 444 g/mol. The van der Waals surface area contributed by atoms with Gasteiger partial charge in [-0.1, -0.05) is 18.2 Å². The Morgan fingerprint density at radius 1 is 1.03 bits per heavy atom. The molecule has 2 aromatic carbocycles. The maximum absolute atomic E-state index is 13.2. The van der Waals surface area contributed by atoms with E-state index in [1.54, 1.807) is 36.1 Å². The van der Waals surface area contributed by atoms with E-state index in [0.717, 1.165) is 5.56 Å². The number of hydrogen-bond acceptors (Lipinski definition) is 6. The van der Waals surface area contributed by atoms with Crippen molar-refractivity contribution >= 4 is 21.9 Å². The Morgan fingerprint density at radius 2 is 1.68 bits per heavy atom. The summed E-state index contributed by atoms with van der Waals surface area (Å²) in [5.74, 6) is -0.249. The number of benzene rings is 2.